The molecule has 34 heavy (non-hydrogen) atoms. The third-order valence-electron chi connectivity index (χ3n) is 4.93. The van der Waals surface area contributed by atoms with Crippen LogP contribution in [0.1, 0.15) is 48.2 Å². The molecular formula is C23H22F2N2O7. The number of halogens is 2. The zero-order chi connectivity index (χ0) is 25.0. The maximum absolute atomic E-state index is 12.7. The van der Waals surface area contributed by atoms with E-state index in [9.17, 15) is 28.0 Å². The quantitative estimate of drug-likeness (QED) is 0.449. The third kappa shape index (κ3) is 5.48. The number of amides is 2. The Morgan fingerprint density at radius 3 is 2.62 bits per heavy atom. The van der Waals surface area contributed by atoms with Crippen molar-refractivity contribution in [2.75, 3.05) is 5.32 Å². The highest BCUT2D eigenvalue weighted by molar-refractivity contribution is 6.02. The van der Waals surface area contributed by atoms with Crippen molar-refractivity contribution >= 4 is 29.6 Å². The lowest BCUT2D eigenvalue weighted by molar-refractivity contribution is -0.131. The summed E-state index contributed by atoms with van der Waals surface area (Å²) in [5.74, 6) is -1.67. The highest BCUT2D eigenvalue weighted by Gasteiger charge is 2.35. The summed E-state index contributed by atoms with van der Waals surface area (Å²) in [4.78, 5) is 49.7. The molecule has 0 radical (unpaired) electrons. The average molecular weight is 476 g/mol. The summed E-state index contributed by atoms with van der Waals surface area (Å²) in [5, 5.41) is 2.40. The molecule has 1 aromatic carbocycles. The van der Waals surface area contributed by atoms with Gasteiger partial charge >= 0.3 is 23.6 Å². The van der Waals surface area contributed by atoms with Crippen LogP contribution >= 0.6 is 0 Å². The van der Waals surface area contributed by atoms with E-state index in [4.69, 9.17) is 13.9 Å². The predicted octanol–water partition coefficient (Wildman–Crippen LogP) is 4.17. The molecule has 2 amide bonds. The molecule has 2 heterocycles. The van der Waals surface area contributed by atoms with Crippen molar-refractivity contribution in [1.29, 1.82) is 0 Å². The van der Waals surface area contributed by atoms with Gasteiger partial charge in [0.05, 0.1) is 11.3 Å². The molecule has 11 heteroatoms. The largest absolute Gasteiger partial charge is 0.438 e. The number of alkyl halides is 2. The molecule has 3 rings (SSSR count). The van der Waals surface area contributed by atoms with Crippen LogP contribution in [0.4, 0.5) is 19.5 Å². The number of hydrogen-bond acceptors (Lipinski definition) is 7. The number of anilines is 1. The molecule has 1 aliphatic heterocycles. The Balaban J connectivity index is 1.85. The van der Waals surface area contributed by atoms with Crippen molar-refractivity contribution in [3.8, 4) is 5.75 Å². The molecule has 1 aromatic heterocycles. The lowest BCUT2D eigenvalue weighted by atomic mass is 10.00. The molecule has 1 unspecified atom stereocenters. The fraction of sp³-hybridized carbons (Fsp3) is 0.304. The Hall–Kier alpha value is -4.02. The summed E-state index contributed by atoms with van der Waals surface area (Å²) < 4.78 is 40.6. The smallest absolute Gasteiger partial charge is 0.343 e. The first-order chi connectivity index (χ1) is 16.1. The first-order valence-corrected chi connectivity index (χ1v) is 10.3. The summed E-state index contributed by atoms with van der Waals surface area (Å²) in [6.07, 6.45) is -3.84. The van der Waals surface area contributed by atoms with Gasteiger partial charge in [0.25, 0.3) is 0 Å². The van der Waals surface area contributed by atoms with E-state index in [0.29, 0.717) is 5.56 Å². The van der Waals surface area contributed by atoms with Gasteiger partial charge in [0, 0.05) is 19.4 Å². The molecule has 0 fully saturated rings. The van der Waals surface area contributed by atoms with Gasteiger partial charge in [-0.2, -0.15) is 0 Å². The normalized spacial score (nSPS) is 13.9. The van der Waals surface area contributed by atoms with Gasteiger partial charge in [0.2, 0.25) is 12.3 Å². The van der Waals surface area contributed by atoms with Crippen molar-refractivity contribution in [2.24, 2.45) is 0 Å². The van der Waals surface area contributed by atoms with E-state index >= 15 is 0 Å². The van der Waals surface area contributed by atoms with E-state index in [-0.39, 0.29) is 47.7 Å². The van der Waals surface area contributed by atoms with E-state index in [2.05, 4.69) is 11.9 Å². The molecule has 1 atom stereocenters. The zero-order valence-corrected chi connectivity index (χ0v) is 18.4. The minimum Gasteiger partial charge on any atom is -0.438 e. The van der Waals surface area contributed by atoms with E-state index < -0.39 is 36.2 Å². The van der Waals surface area contributed by atoms with Crippen LogP contribution in [0.25, 0.3) is 5.70 Å². The number of esters is 2. The van der Waals surface area contributed by atoms with E-state index in [1.165, 1.54) is 26.0 Å². The Labute approximate surface area is 192 Å². The average Bonchev–Trinajstić information content (AvgIpc) is 2.72. The van der Waals surface area contributed by atoms with Gasteiger partial charge in [-0.3, -0.25) is 15.0 Å². The molecule has 0 aliphatic carbocycles. The van der Waals surface area contributed by atoms with Crippen LogP contribution in [-0.4, -0.2) is 35.5 Å². The van der Waals surface area contributed by atoms with Gasteiger partial charge in [0.15, 0.2) is 6.23 Å². The number of carbonyl (C=O) groups excluding carboxylic acids is 3. The van der Waals surface area contributed by atoms with Crippen molar-refractivity contribution in [2.45, 2.75) is 45.8 Å². The van der Waals surface area contributed by atoms with Crippen LogP contribution < -0.4 is 15.7 Å². The van der Waals surface area contributed by atoms with Crippen LogP contribution in [0, 0.1) is 0 Å². The SMILES string of the molecule is C=C1c2c(CCCC(F)F)cc(=O)oc2NC(=O)N1C(C)OC(=O)c1ccccc1OC(C)=O. The highest BCUT2D eigenvalue weighted by Crippen LogP contribution is 2.35. The summed E-state index contributed by atoms with van der Waals surface area (Å²) in [6, 6.07) is 6.29. The maximum atomic E-state index is 12.7. The molecule has 0 saturated carbocycles. The molecule has 9 nitrogen and oxygen atoms in total. The van der Waals surface area contributed by atoms with Gasteiger partial charge in [0.1, 0.15) is 11.3 Å². The summed E-state index contributed by atoms with van der Waals surface area (Å²) in [6.45, 7) is 6.47. The number of para-hydroxylation sites is 1. The second-order valence-corrected chi connectivity index (χ2v) is 7.42. The second-order valence-electron chi connectivity index (χ2n) is 7.42. The first kappa shape index (κ1) is 24.6. The number of carbonyl (C=O) groups is 3. The fourth-order valence-electron chi connectivity index (χ4n) is 3.52. The minimum atomic E-state index is -2.50. The molecule has 1 N–H and O–H groups in total. The number of aryl methyl sites for hydroxylation is 1. The number of nitrogens with one attached hydrogen (secondary N) is 1. The summed E-state index contributed by atoms with van der Waals surface area (Å²) >= 11 is 0. The number of ether oxygens (including phenoxy) is 2. The Bertz CT molecular complexity index is 1190. The number of rotatable bonds is 8. The summed E-state index contributed by atoms with van der Waals surface area (Å²) in [7, 11) is 0. The molecule has 0 saturated heterocycles. The van der Waals surface area contributed by atoms with E-state index in [0.717, 1.165) is 11.0 Å². The number of fused-ring (bicyclic) bond motifs is 1. The molecule has 180 valence electrons. The number of hydrogen-bond donors (Lipinski definition) is 1. The lowest BCUT2D eigenvalue weighted by Crippen LogP contribution is -2.45. The van der Waals surface area contributed by atoms with Gasteiger partial charge in [-0.1, -0.05) is 18.7 Å². The highest BCUT2D eigenvalue weighted by atomic mass is 19.3. The van der Waals surface area contributed by atoms with E-state index in [1.807, 2.05) is 0 Å². The van der Waals surface area contributed by atoms with Crippen LogP contribution in [0.15, 0.2) is 46.1 Å². The fourth-order valence-corrected chi connectivity index (χ4v) is 3.52. The number of urea groups is 1. The summed E-state index contributed by atoms with van der Waals surface area (Å²) in [5.41, 5.74) is -0.124. The van der Waals surface area contributed by atoms with Crippen molar-refractivity contribution in [3.63, 3.8) is 0 Å². The predicted molar refractivity (Wildman–Crippen MR) is 116 cm³/mol. The Morgan fingerprint density at radius 1 is 1.24 bits per heavy atom. The number of nitrogens with zero attached hydrogens (tertiary/aromatic N) is 1. The van der Waals surface area contributed by atoms with Crippen LogP contribution in [0.2, 0.25) is 0 Å². The van der Waals surface area contributed by atoms with E-state index in [1.54, 1.807) is 12.1 Å². The first-order valence-electron chi connectivity index (χ1n) is 10.3. The van der Waals surface area contributed by atoms with Crippen molar-refractivity contribution < 1.29 is 37.1 Å². The number of benzene rings is 1. The monoisotopic (exact) mass is 476 g/mol. The topological polar surface area (TPSA) is 115 Å². The lowest BCUT2D eigenvalue weighted by Gasteiger charge is -2.34. The minimum absolute atomic E-state index is 0.0115. The van der Waals surface area contributed by atoms with Gasteiger partial charge in [-0.15, -0.1) is 0 Å². The molecule has 2 aromatic rings. The third-order valence-corrected chi connectivity index (χ3v) is 4.93. The van der Waals surface area contributed by atoms with Crippen LogP contribution in [0.3, 0.4) is 0 Å². The standard InChI is InChI=1S/C23H22F2N2O7/c1-12-20-15(7-6-10-18(24)25)11-19(29)34-21(20)26-23(31)27(12)13(2)32-22(30)16-8-4-5-9-17(16)33-14(3)28/h4-5,8-9,11,13,18H,1,6-7,10H2,2-3H3,(H,26,31). The Morgan fingerprint density at radius 2 is 1.94 bits per heavy atom. The van der Waals surface area contributed by atoms with Crippen molar-refractivity contribution in [1.82, 2.24) is 4.90 Å². The van der Waals surface area contributed by atoms with Crippen molar-refractivity contribution in [3.05, 3.63) is 64.0 Å². The van der Waals surface area contributed by atoms with Gasteiger partial charge in [-0.25, -0.2) is 23.2 Å². The molecule has 0 bridgehead atoms. The molecular weight excluding hydrogens is 454 g/mol. The second kappa shape index (κ2) is 10.3. The molecule has 0 spiro atoms. The molecule has 1 aliphatic rings. The van der Waals surface area contributed by atoms with Crippen LogP contribution in [0.5, 0.6) is 5.75 Å². The van der Waals surface area contributed by atoms with Gasteiger partial charge < -0.3 is 13.9 Å². The Kier molecular flexibility index (Phi) is 7.44. The van der Waals surface area contributed by atoms with Crippen LogP contribution in [-0.2, 0) is 16.0 Å². The maximum Gasteiger partial charge on any atom is 0.343 e. The van der Waals surface area contributed by atoms with Gasteiger partial charge in [-0.05, 0) is 37.5 Å². The zero-order valence-electron chi connectivity index (χ0n) is 18.4.